The molecule has 0 amide bonds. The third kappa shape index (κ3) is 2.35. The maximum atomic E-state index is 12.3. The molecule has 0 bridgehead atoms. The van der Waals surface area contributed by atoms with Crippen LogP contribution in [0.3, 0.4) is 0 Å². The molecule has 6 nitrogen and oxygen atoms in total. The normalized spacial score (nSPS) is 11.7. The Labute approximate surface area is 105 Å². The molecule has 96 valence electrons. The first kappa shape index (κ1) is 12.6. The van der Waals surface area contributed by atoms with Gasteiger partial charge in [0.15, 0.2) is 9.84 Å². The molecule has 0 aliphatic heterocycles. The number of rotatable bonds is 3. The minimum Gasteiger partial charge on any atom is -0.398 e. The first-order chi connectivity index (χ1) is 8.40. The zero-order valence-electron chi connectivity index (χ0n) is 10.2. The van der Waals surface area contributed by atoms with Crippen LogP contribution in [0.5, 0.6) is 0 Å². The van der Waals surface area contributed by atoms with Crippen LogP contribution in [0.2, 0.25) is 0 Å². The predicted molar refractivity (Wildman–Crippen MR) is 67.5 cm³/mol. The zero-order chi connectivity index (χ0) is 13.3. The second kappa shape index (κ2) is 4.41. The SMILES string of the molecule is Cc1c(N)cccc1S(=O)(=O)Cc1cn(C)nn1. The Balaban J connectivity index is 2.40. The van der Waals surface area contributed by atoms with Gasteiger partial charge in [0.1, 0.15) is 5.75 Å². The van der Waals surface area contributed by atoms with Crippen LogP contribution >= 0.6 is 0 Å². The Morgan fingerprint density at radius 2 is 2.11 bits per heavy atom. The van der Waals surface area contributed by atoms with Crippen molar-refractivity contribution >= 4 is 15.5 Å². The molecule has 2 N–H and O–H groups in total. The maximum absolute atomic E-state index is 12.3. The highest BCUT2D eigenvalue weighted by Gasteiger charge is 2.20. The summed E-state index contributed by atoms with van der Waals surface area (Å²) in [5.41, 5.74) is 7.17. The van der Waals surface area contributed by atoms with Crippen molar-refractivity contribution in [1.82, 2.24) is 15.0 Å². The average Bonchev–Trinajstić information content (AvgIpc) is 2.67. The molecule has 0 fully saturated rings. The number of nitrogens with two attached hydrogens (primary N) is 1. The number of aromatic nitrogens is 3. The summed E-state index contributed by atoms with van der Waals surface area (Å²) >= 11 is 0. The number of nitrogens with zero attached hydrogens (tertiary/aromatic N) is 3. The van der Waals surface area contributed by atoms with Crippen molar-refractivity contribution < 1.29 is 8.42 Å². The summed E-state index contributed by atoms with van der Waals surface area (Å²) in [5, 5.41) is 7.49. The number of nitrogen functional groups attached to an aromatic ring is 1. The van der Waals surface area contributed by atoms with Crippen molar-refractivity contribution in [3.8, 4) is 0 Å². The van der Waals surface area contributed by atoms with Crippen LogP contribution in [0.1, 0.15) is 11.3 Å². The fourth-order valence-electron chi connectivity index (χ4n) is 1.70. The molecule has 1 aromatic heterocycles. The molecule has 18 heavy (non-hydrogen) atoms. The molecule has 1 aromatic carbocycles. The third-order valence-electron chi connectivity index (χ3n) is 2.65. The molecule has 0 aliphatic rings. The molecule has 0 atom stereocenters. The summed E-state index contributed by atoms with van der Waals surface area (Å²) in [5.74, 6) is -0.175. The molecule has 1 heterocycles. The van der Waals surface area contributed by atoms with Crippen molar-refractivity contribution in [1.29, 1.82) is 0 Å². The highest BCUT2D eigenvalue weighted by Crippen LogP contribution is 2.23. The van der Waals surface area contributed by atoms with Gasteiger partial charge in [-0.05, 0) is 24.6 Å². The number of aryl methyl sites for hydroxylation is 1. The van der Waals surface area contributed by atoms with E-state index in [9.17, 15) is 8.42 Å². The molecule has 2 rings (SSSR count). The lowest BCUT2D eigenvalue weighted by atomic mass is 10.2. The molecule has 0 spiro atoms. The quantitative estimate of drug-likeness (QED) is 0.825. The smallest absolute Gasteiger partial charge is 0.184 e. The molecule has 0 radical (unpaired) electrons. The van der Waals surface area contributed by atoms with Gasteiger partial charge in [-0.15, -0.1) is 5.10 Å². The fourth-order valence-corrected chi connectivity index (χ4v) is 3.25. The third-order valence-corrected chi connectivity index (χ3v) is 4.44. The molecule has 0 saturated heterocycles. The van der Waals surface area contributed by atoms with E-state index in [1.807, 2.05) is 0 Å². The summed E-state index contributed by atoms with van der Waals surface area (Å²) < 4.78 is 26.0. The lowest BCUT2D eigenvalue weighted by molar-refractivity contribution is 0.594. The second-order valence-corrected chi connectivity index (χ2v) is 6.07. The van der Waals surface area contributed by atoms with Crippen LogP contribution in [-0.2, 0) is 22.6 Å². The van der Waals surface area contributed by atoms with Crippen molar-refractivity contribution in [3.63, 3.8) is 0 Å². The van der Waals surface area contributed by atoms with Gasteiger partial charge in [-0.25, -0.2) is 8.42 Å². The summed E-state index contributed by atoms with van der Waals surface area (Å²) in [4.78, 5) is 0.244. The van der Waals surface area contributed by atoms with Crippen LogP contribution in [-0.4, -0.2) is 23.4 Å². The Morgan fingerprint density at radius 1 is 1.39 bits per heavy atom. The molecule has 0 unspecified atom stereocenters. The highest BCUT2D eigenvalue weighted by atomic mass is 32.2. The Morgan fingerprint density at radius 3 is 2.72 bits per heavy atom. The summed E-state index contributed by atoms with van der Waals surface area (Å²) in [7, 11) is -1.76. The van der Waals surface area contributed by atoms with Crippen LogP contribution < -0.4 is 5.73 Å². The van der Waals surface area contributed by atoms with Crippen LogP contribution in [0, 0.1) is 6.92 Å². The second-order valence-electron chi connectivity index (χ2n) is 4.11. The minimum absolute atomic E-state index is 0.175. The topological polar surface area (TPSA) is 90.9 Å². The van der Waals surface area contributed by atoms with Crippen molar-refractivity contribution in [2.24, 2.45) is 7.05 Å². The van der Waals surface area contributed by atoms with E-state index >= 15 is 0 Å². The number of sulfone groups is 1. The lowest BCUT2D eigenvalue weighted by Gasteiger charge is -2.08. The Hall–Kier alpha value is -1.89. The maximum Gasteiger partial charge on any atom is 0.184 e. The Kier molecular flexibility index (Phi) is 3.08. The number of hydrogen-bond acceptors (Lipinski definition) is 5. The predicted octanol–water partition coefficient (Wildman–Crippen LogP) is 0.680. The molecule has 0 saturated carbocycles. The van der Waals surface area contributed by atoms with Gasteiger partial charge in [0.05, 0.1) is 10.6 Å². The van der Waals surface area contributed by atoms with E-state index in [-0.39, 0.29) is 10.6 Å². The van der Waals surface area contributed by atoms with E-state index in [0.29, 0.717) is 16.9 Å². The summed E-state index contributed by atoms with van der Waals surface area (Å²) in [6.07, 6.45) is 1.58. The molecular weight excluding hydrogens is 252 g/mol. The highest BCUT2D eigenvalue weighted by molar-refractivity contribution is 7.90. The molecule has 0 aliphatic carbocycles. The van der Waals surface area contributed by atoms with Crippen molar-refractivity contribution in [3.05, 3.63) is 35.7 Å². The standard InChI is InChI=1S/C11H14N4O2S/c1-8-10(12)4-3-5-11(8)18(16,17)7-9-6-15(2)14-13-9/h3-6H,7,12H2,1-2H3. The fraction of sp³-hybridized carbons (Fsp3) is 0.273. The van der Waals surface area contributed by atoms with Gasteiger partial charge in [-0.3, -0.25) is 4.68 Å². The van der Waals surface area contributed by atoms with Gasteiger partial charge in [-0.2, -0.15) is 0 Å². The lowest BCUT2D eigenvalue weighted by Crippen LogP contribution is -2.08. The number of hydrogen-bond donors (Lipinski definition) is 1. The minimum atomic E-state index is -3.45. The first-order valence-electron chi connectivity index (χ1n) is 5.33. The van der Waals surface area contributed by atoms with E-state index < -0.39 is 9.84 Å². The molecule has 2 aromatic rings. The van der Waals surface area contributed by atoms with E-state index in [1.54, 1.807) is 38.4 Å². The monoisotopic (exact) mass is 266 g/mol. The van der Waals surface area contributed by atoms with E-state index in [0.717, 1.165) is 0 Å². The van der Waals surface area contributed by atoms with Crippen LogP contribution in [0.15, 0.2) is 29.3 Å². The van der Waals surface area contributed by atoms with Crippen molar-refractivity contribution in [2.45, 2.75) is 17.6 Å². The molecular formula is C11H14N4O2S. The van der Waals surface area contributed by atoms with Crippen molar-refractivity contribution in [2.75, 3.05) is 5.73 Å². The van der Waals surface area contributed by atoms with Gasteiger partial charge < -0.3 is 5.73 Å². The van der Waals surface area contributed by atoms with Crippen LogP contribution in [0.25, 0.3) is 0 Å². The van der Waals surface area contributed by atoms with Gasteiger partial charge in [0.25, 0.3) is 0 Å². The van der Waals surface area contributed by atoms with Gasteiger partial charge in [-0.1, -0.05) is 11.3 Å². The van der Waals surface area contributed by atoms with Crippen LogP contribution in [0.4, 0.5) is 5.69 Å². The molecule has 7 heteroatoms. The van der Waals surface area contributed by atoms with Gasteiger partial charge in [0, 0.05) is 18.9 Å². The first-order valence-corrected chi connectivity index (χ1v) is 6.98. The zero-order valence-corrected chi connectivity index (χ0v) is 11.0. The van der Waals surface area contributed by atoms with E-state index in [1.165, 1.54) is 4.68 Å². The largest absolute Gasteiger partial charge is 0.398 e. The Bertz CT molecular complexity index is 676. The summed E-state index contributed by atoms with van der Waals surface area (Å²) in [6.45, 7) is 1.69. The van der Waals surface area contributed by atoms with Gasteiger partial charge >= 0.3 is 0 Å². The number of anilines is 1. The summed E-state index contributed by atoms with van der Waals surface area (Å²) in [6, 6.07) is 4.86. The van der Waals surface area contributed by atoms with E-state index in [4.69, 9.17) is 5.73 Å². The van der Waals surface area contributed by atoms with E-state index in [2.05, 4.69) is 10.3 Å². The number of benzene rings is 1. The van der Waals surface area contributed by atoms with Gasteiger partial charge in [0.2, 0.25) is 0 Å². The average molecular weight is 266 g/mol.